The summed E-state index contributed by atoms with van der Waals surface area (Å²) < 4.78 is 4.69. The number of esters is 1. The van der Waals surface area contributed by atoms with Crippen molar-refractivity contribution in [2.75, 3.05) is 12.4 Å². The van der Waals surface area contributed by atoms with E-state index in [1.54, 1.807) is 12.1 Å². The van der Waals surface area contributed by atoms with E-state index in [9.17, 15) is 4.79 Å². The topological polar surface area (TPSA) is 38.3 Å². The number of nitrogens with one attached hydrogen (secondary N) is 1. The monoisotopic (exact) mass is 283 g/mol. The molecule has 0 heterocycles. The van der Waals surface area contributed by atoms with Crippen LogP contribution in [0.25, 0.3) is 0 Å². The van der Waals surface area contributed by atoms with Gasteiger partial charge in [0.05, 0.1) is 12.7 Å². The lowest BCUT2D eigenvalue weighted by Gasteiger charge is -2.17. The molecule has 0 saturated carbocycles. The SMILES string of the molecule is COC(=O)c1ccc(NC(C)c2ccc(C)c(C)c2)cc1. The zero-order chi connectivity index (χ0) is 15.4. The van der Waals surface area contributed by atoms with Gasteiger partial charge in [0.2, 0.25) is 0 Å². The summed E-state index contributed by atoms with van der Waals surface area (Å²) >= 11 is 0. The summed E-state index contributed by atoms with van der Waals surface area (Å²) in [5.41, 5.74) is 5.38. The van der Waals surface area contributed by atoms with Gasteiger partial charge in [0.25, 0.3) is 0 Å². The van der Waals surface area contributed by atoms with Gasteiger partial charge in [0.1, 0.15) is 0 Å². The van der Waals surface area contributed by atoms with Gasteiger partial charge in [-0.2, -0.15) is 0 Å². The van der Waals surface area contributed by atoms with E-state index in [1.807, 2.05) is 12.1 Å². The van der Waals surface area contributed by atoms with Crippen molar-refractivity contribution in [3.63, 3.8) is 0 Å². The summed E-state index contributed by atoms with van der Waals surface area (Å²) in [4.78, 5) is 11.4. The Hall–Kier alpha value is -2.29. The molecule has 0 amide bonds. The van der Waals surface area contributed by atoms with Crippen molar-refractivity contribution < 1.29 is 9.53 Å². The van der Waals surface area contributed by atoms with Crippen molar-refractivity contribution in [1.29, 1.82) is 0 Å². The molecule has 0 aromatic heterocycles. The van der Waals surface area contributed by atoms with Gasteiger partial charge in [0.15, 0.2) is 0 Å². The van der Waals surface area contributed by atoms with Crippen LogP contribution in [-0.2, 0) is 4.74 Å². The zero-order valence-electron chi connectivity index (χ0n) is 12.9. The van der Waals surface area contributed by atoms with Gasteiger partial charge >= 0.3 is 5.97 Å². The molecule has 0 saturated heterocycles. The van der Waals surface area contributed by atoms with Crippen molar-refractivity contribution in [3.05, 3.63) is 64.7 Å². The maximum Gasteiger partial charge on any atom is 0.337 e. The Morgan fingerprint density at radius 1 is 1.05 bits per heavy atom. The minimum Gasteiger partial charge on any atom is -0.465 e. The van der Waals surface area contributed by atoms with Crippen LogP contribution >= 0.6 is 0 Å². The Morgan fingerprint density at radius 2 is 1.71 bits per heavy atom. The van der Waals surface area contributed by atoms with Crippen LogP contribution in [0.2, 0.25) is 0 Å². The van der Waals surface area contributed by atoms with Crippen LogP contribution in [0.1, 0.15) is 40.0 Å². The molecule has 1 atom stereocenters. The zero-order valence-corrected chi connectivity index (χ0v) is 12.9. The van der Waals surface area contributed by atoms with Gasteiger partial charge in [-0.05, 0) is 61.7 Å². The Kier molecular flexibility index (Phi) is 4.63. The molecule has 3 heteroatoms. The lowest BCUT2D eigenvalue weighted by Crippen LogP contribution is -2.07. The predicted octanol–water partition coefficient (Wildman–Crippen LogP) is 4.26. The van der Waals surface area contributed by atoms with E-state index in [4.69, 9.17) is 4.74 Å². The fraction of sp³-hybridized carbons (Fsp3) is 0.278. The van der Waals surface area contributed by atoms with Crippen LogP contribution in [-0.4, -0.2) is 13.1 Å². The van der Waals surface area contributed by atoms with E-state index in [0.717, 1.165) is 5.69 Å². The number of hydrogen-bond donors (Lipinski definition) is 1. The molecule has 21 heavy (non-hydrogen) atoms. The van der Waals surface area contributed by atoms with Crippen molar-refractivity contribution >= 4 is 11.7 Å². The molecular weight excluding hydrogens is 262 g/mol. The molecule has 0 aliphatic carbocycles. The van der Waals surface area contributed by atoms with Crippen LogP contribution < -0.4 is 5.32 Å². The summed E-state index contributed by atoms with van der Waals surface area (Å²) in [6.45, 7) is 6.36. The number of carbonyl (C=O) groups is 1. The van der Waals surface area contributed by atoms with Gasteiger partial charge in [-0.1, -0.05) is 18.2 Å². The number of aryl methyl sites for hydroxylation is 2. The summed E-state index contributed by atoms with van der Waals surface area (Å²) in [6, 6.07) is 14.0. The molecule has 1 unspecified atom stereocenters. The molecule has 110 valence electrons. The highest BCUT2D eigenvalue weighted by atomic mass is 16.5. The second-order valence-electron chi connectivity index (χ2n) is 5.28. The average molecular weight is 283 g/mol. The summed E-state index contributed by atoms with van der Waals surface area (Å²) in [5.74, 6) is -0.316. The molecular formula is C18H21NO2. The third-order valence-corrected chi connectivity index (χ3v) is 3.72. The highest BCUT2D eigenvalue weighted by Gasteiger charge is 2.08. The van der Waals surface area contributed by atoms with Crippen molar-refractivity contribution in [1.82, 2.24) is 0 Å². The van der Waals surface area contributed by atoms with Gasteiger partial charge in [-0.15, -0.1) is 0 Å². The summed E-state index contributed by atoms with van der Waals surface area (Å²) in [5, 5.41) is 3.44. The smallest absolute Gasteiger partial charge is 0.337 e. The quantitative estimate of drug-likeness (QED) is 0.852. The molecule has 0 radical (unpaired) electrons. The summed E-state index contributed by atoms with van der Waals surface area (Å²) in [7, 11) is 1.39. The van der Waals surface area contributed by atoms with E-state index < -0.39 is 0 Å². The summed E-state index contributed by atoms with van der Waals surface area (Å²) in [6.07, 6.45) is 0. The van der Waals surface area contributed by atoms with E-state index in [1.165, 1.54) is 23.8 Å². The van der Waals surface area contributed by atoms with Crippen molar-refractivity contribution in [2.24, 2.45) is 0 Å². The van der Waals surface area contributed by atoms with Crippen molar-refractivity contribution in [2.45, 2.75) is 26.8 Å². The largest absolute Gasteiger partial charge is 0.465 e. The molecule has 2 rings (SSSR count). The van der Waals surface area contributed by atoms with E-state index in [-0.39, 0.29) is 12.0 Å². The van der Waals surface area contributed by atoms with Gasteiger partial charge in [-0.3, -0.25) is 0 Å². The van der Waals surface area contributed by atoms with E-state index in [0.29, 0.717) is 5.56 Å². The number of anilines is 1. The Morgan fingerprint density at radius 3 is 2.29 bits per heavy atom. The van der Waals surface area contributed by atoms with Crippen molar-refractivity contribution in [3.8, 4) is 0 Å². The van der Waals surface area contributed by atoms with Crippen LogP contribution in [0.5, 0.6) is 0 Å². The molecule has 3 nitrogen and oxygen atoms in total. The standard InChI is InChI=1S/C18H21NO2/c1-12-5-6-16(11-13(12)2)14(3)19-17-9-7-15(8-10-17)18(20)21-4/h5-11,14,19H,1-4H3. The van der Waals surface area contributed by atoms with Crippen LogP contribution in [0.15, 0.2) is 42.5 Å². The van der Waals surface area contributed by atoms with E-state index in [2.05, 4.69) is 44.3 Å². The molecule has 1 N–H and O–H groups in total. The van der Waals surface area contributed by atoms with Gasteiger partial charge in [-0.25, -0.2) is 4.79 Å². The highest BCUT2D eigenvalue weighted by Crippen LogP contribution is 2.21. The average Bonchev–Trinajstić information content (AvgIpc) is 2.50. The first-order valence-electron chi connectivity index (χ1n) is 7.03. The highest BCUT2D eigenvalue weighted by molar-refractivity contribution is 5.89. The lowest BCUT2D eigenvalue weighted by molar-refractivity contribution is 0.0601. The van der Waals surface area contributed by atoms with Gasteiger partial charge < -0.3 is 10.1 Å². The second kappa shape index (κ2) is 6.44. The first-order chi connectivity index (χ1) is 10.0. The van der Waals surface area contributed by atoms with Crippen LogP contribution in [0.3, 0.4) is 0 Å². The number of benzene rings is 2. The third-order valence-electron chi connectivity index (χ3n) is 3.72. The molecule has 0 aliphatic heterocycles. The fourth-order valence-corrected chi connectivity index (χ4v) is 2.19. The van der Waals surface area contributed by atoms with E-state index >= 15 is 0 Å². The lowest BCUT2D eigenvalue weighted by atomic mass is 10.0. The maximum atomic E-state index is 11.4. The minimum atomic E-state index is -0.316. The van der Waals surface area contributed by atoms with Crippen LogP contribution in [0.4, 0.5) is 5.69 Å². The fourth-order valence-electron chi connectivity index (χ4n) is 2.19. The molecule has 0 spiro atoms. The Balaban J connectivity index is 2.10. The molecule has 0 aliphatic rings. The molecule has 0 fully saturated rings. The Labute approximate surface area is 126 Å². The molecule has 2 aromatic rings. The molecule has 2 aromatic carbocycles. The first kappa shape index (κ1) is 15.1. The second-order valence-corrected chi connectivity index (χ2v) is 5.28. The maximum absolute atomic E-state index is 11.4. The number of hydrogen-bond acceptors (Lipinski definition) is 3. The third kappa shape index (κ3) is 3.63. The number of carbonyl (C=O) groups excluding carboxylic acids is 1. The van der Waals surface area contributed by atoms with Crippen LogP contribution in [0, 0.1) is 13.8 Å². The molecule has 0 bridgehead atoms. The normalized spacial score (nSPS) is 11.8. The first-order valence-corrected chi connectivity index (χ1v) is 7.03. The Bertz CT molecular complexity index is 632. The number of ether oxygens (including phenoxy) is 1. The number of rotatable bonds is 4. The van der Waals surface area contributed by atoms with Gasteiger partial charge in [0, 0.05) is 11.7 Å². The number of methoxy groups -OCH3 is 1. The predicted molar refractivity (Wildman–Crippen MR) is 85.7 cm³/mol. The minimum absolute atomic E-state index is 0.202.